The van der Waals surface area contributed by atoms with Gasteiger partial charge in [0.2, 0.25) is 0 Å². The number of ether oxygens (including phenoxy) is 2. The van der Waals surface area contributed by atoms with Gasteiger partial charge in [-0.25, -0.2) is 9.78 Å². The lowest BCUT2D eigenvalue weighted by Crippen LogP contribution is -2.20. The lowest BCUT2D eigenvalue weighted by molar-refractivity contribution is -0.145. The maximum absolute atomic E-state index is 11.7. The van der Waals surface area contributed by atoms with Gasteiger partial charge in [0.25, 0.3) is 0 Å². The number of hydrogen-bond acceptors (Lipinski definition) is 5. The third kappa shape index (κ3) is 6.11. The highest BCUT2D eigenvalue weighted by molar-refractivity contribution is 5.76. The van der Waals surface area contributed by atoms with Gasteiger partial charge in [-0.1, -0.05) is 85.6 Å². The Balaban J connectivity index is 1.40. The van der Waals surface area contributed by atoms with E-state index in [1.54, 1.807) is 6.92 Å². The number of nitrogens with zero attached hydrogens (tertiary/aromatic N) is 1. The number of rotatable bonds is 9. The molecule has 3 aromatic carbocycles. The molecular formula is C32H33NO4. The third-order valence-electron chi connectivity index (χ3n) is 7.01. The second-order valence-electron chi connectivity index (χ2n) is 9.56. The molecule has 1 fully saturated rings. The average molecular weight is 496 g/mol. The average Bonchev–Trinajstić information content (AvgIpc) is 3.39. The Morgan fingerprint density at radius 3 is 2.41 bits per heavy atom. The van der Waals surface area contributed by atoms with Crippen LogP contribution in [0.2, 0.25) is 0 Å². The lowest BCUT2D eigenvalue weighted by Gasteiger charge is -2.29. The minimum Gasteiger partial charge on any atom is -0.482 e. The summed E-state index contributed by atoms with van der Waals surface area (Å²) in [4.78, 5) is 16.8. The lowest BCUT2D eigenvalue weighted by atomic mass is 9.76. The zero-order chi connectivity index (χ0) is 25.5. The van der Waals surface area contributed by atoms with Crippen molar-refractivity contribution >= 4 is 5.97 Å². The van der Waals surface area contributed by atoms with Gasteiger partial charge in [-0.2, -0.15) is 0 Å². The smallest absolute Gasteiger partial charge is 0.344 e. The Bertz CT molecular complexity index is 1240. The first-order valence-electron chi connectivity index (χ1n) is 13.2. The Morgan fingerprint density at radius 1 is 0.919 bits per heavy atom. The van der Waals surface area contributed by atoms with Gasteiger partial charge in [0.15, 0.2) is 18.3 Å². The van der Waals surface area contributed by atoms with Crippen molar-refractivity contribution in [3.63, 3.8) is 0 Å². The molecule has 1 heterocycles. The minimum atomic E-state index is -0.354. The summed E-state index contributed by atoms with van der Waals surface area (Å²) in [5.74, 6) is 2.66. The second kappa shape index (κ2) is 11.9. The Kier molecular flexibility index (Phi) is 7.99. The van der Waals surface area contributed by atoms with Crippen LogP contribution in [0.15, 0.2) is 89.3 Å². The molecule has 190 valence electrons. The van der Waals surface area contributed by atoms with Crippen LogP contribution in [-0.4, -0.2) is 24.2 Å². The Morgan fingerprint density at radius 2 is 1.65 bits per heavy atom. The van der Waals surface area contributed by atoms with Gasteiger partial charge in [0.05, 0.1) is 6.61 Å². The van der Waals surface area contributed by atoms with Gasteiger partial charge in [-0.15, -0.1) is 0 Å². The zero-order valence-electron chi connectivity index (χ0n) is 21.3. The van der Waals surface area contributed by atoms with Gasteiger partial charge in [0.1, 0.15) is 11.4 Å². The van der Waals surface area contributed by atoms with Crippen LogP contribution in [0, 0.1) is 5.92 Å². The van der Waals surface area contributed by atoms with E-state index >= 15 is 0 Å². The number of hydrogen-bond donors (Lipinski definition) is 0. The summed E-state index contributed by atoms with van der Waals surface area (Å²) in [7, 11) is 0. The number of aromatic nitrogens is 1. The molecular weight excluding hydrogens is 462 g/mol. The largest absolute Gasteiger partial charge is 0.482 e. The first-order valence-corrected chi connectivity index (χ1v) is 13.2. The van der Waals surface area contributed by atoms with Crippen molar-refractivity contribution in [3.05, 3.63) is 96.4 Å². The molecule has 0 unspecified atom stereocenters. The zero-order valence-corrected chi connectivity index (χ0v) is 21.3. The number of benzene rings is 3. The topological polar surface area (TPSA) is 61.6 Å². The summed E-state index contributed by atoms with van der Waals surface area (Å²) in [6, 6.07) is 28.6. The molecule has 0 amide bonds. The van der Waals surface area contributed by atoms with E-state index in [1.165, 1.54) is 18.4 Å². The van der Waals surface area contributed by atoms with E-state index in [9.17, 15) is 4.79 Å². The second-order valence-corrected chi connectivity index (χ2v) is 9.56. The van der Waals surface area contributed by atoms with E-state index in [0.29, 0.717) is 18.3 Å². The van der Waals surface area contributed by atoms with Crippen LogP contribution in [0.4, 0.5) is 0 Å². The number of oxazole rings is 1. The highest BCUT2D eigenvalue weighted by Crippen LogP contribution is 2.43. The van der Waals surface area contributed by atoms with Crippen molar-refractivity contribution in [2.24, 2.45) is 5.92 Å². The molecule has 5 nitrogen and oxygen atoms in total. The molecule has 1 saturated carbocycles. The van der Waals surface area contributed by atoms with E-state index in [-0.39, 0.29) is 18.5 Å². The van der Waals surface area contributed by atoms with Crippen molar-refractivity contribution < 1.29 is 18.7 Å². The number of esters is 1. The highest BCUT2D eigenvalue weighted by atomic mass is 16.6. The number of carbonyl (C=O) groups excluding carboxylic acids is 1. The maximum Gasteiger partial charge on any atom is 0.344 e. The fraction of sp³-hybridized carbons (Fsp3) is 0.312. The molecule has 0 spiro atoms. The minimum absolute atomic E-state index is 0.0792. The molecule has 0 aliphatic heterocycles. The summed E-state index contributed by atoms with van der Waals surface area (Å²) >= 11 is 0. The van der Waals surface area contributed by atoms with Gasteiger partial charge < -0.3 is 13.9 Å². The van der Waals surface area contributed by atoms with Crippen molar-refractivity contribution in [2.45, 2.75) is 44.9 Å². The molecule has 1 aliphatic carbocycles. The van der Waals surface area contributed by atoms with Crippen LogP contribution in [0.3, 0.4) is 0 Å². The van der Waals surface area contributed by atoms with Crippen molar-refractivity contribution in [1.29, 1.82) is 0 Å². The van der Waals surface area contributed by atoms with E-state index in [1.807, 2.05) is 54.6 Å². The molecule has 5 heteroatoms. The SMILES string of the molecule is CCOC(=O)COc1cccc(C[C@@H]2CCCC[C@@H]2c2nc(-c3ccccc3)c(-c3ccccc3)o2)c1. The molecule has 37 heavy (non-hydrogen) atoms. The monoisotopic (exact) mass is 495 g/mol. The quantitative estimate of drug-likeness (QED) is 0.225. The van der Waals surface area contributed by atoms with Crippen LogP contribution in [0.25, 0.3) is 22.6 Å². The van der Waals surface area contributed by atoms with E-state index in [4.69, 9.17) is 18.9 Å². The number of carbonyl (C=O) groups is 1. The highest BCUT2D eigenvalue weighted by Gasteiger charge is 2.32. The van der Waals surface area contributed by atoms with Crippen molar-refractivity contribution in [1.82, 2.24) is 4.98 Å². The van der Waals surface area contributed by atoms with Crippen LogP contribution in [0.1, 0.15) is 50.0 Å². The predicted molar refractivity (Wildman–Crippen MR) is 144 cm³/mol. The van der Waals surface area contributed by atoms with Crippen LogP contribution in [0.5, 0.6) is 5.75 Å². The van der Waals surface area contributed by atoms with Crippen molar-refractivity contribution in [3.8, 4) is 28.3 Å². The molecule has 0 radical (unpaired) electrons. The standard InChI is InChI=1S/C32H33NO4/c1-2-35-29(34)22-36-27-18-11-12-23(21-27)20-26-17-9-10-19-28(26)32-33-30(24-13-5-3-6-14-24)31(37-32)25-15-7-4-8-16-25/h3-8,11-16,18,21,26,28H,2,9-10,17,19-20,22H2,1H3/t26-,28-/m0/s1. The fourth-order valence-corrected chi connectivity index (χ4v) is 5.26. The Labute approximate surface area is 218 Å². The summed E-state index contributed by atoms with van der Waals surface area (Å²) in [5, 5.41) is 0. The summed E-state index contributed by atoms with van der Waals surface area (Å²) in [5.41, 5.74) is 4.20. The van der Waals surface area contributed by atoms with E-state index in [0.717, 1.165) is 47.7 Å². The van der Waals surface area contributed by atoms with Gasteiger partial charge in [-0.05, 0) is 49.8 Å². The predicted octanol–water partition coefficient (Wildman–Crippen LogP) is 7.47. The normalized spacial score (nSPS) is 17.3. The molecule has 0 bridgehead atoms. The van der Waals surface area contributed by atoms with Crippen LogP contribution >= 0.6 is 0 Å². The first-order chi connectivity index (χ1) is 18.2. The van der Waals surface area contributed by atoms with Crippen LogP contribution in [-0.2, 0) is 16.0 Å². The molecule has 1 aromatic heterocycles. The first kappa shape index (κ1) is 24.8. The third-order valence-corrected chi connectivity index (χ3v) is 7.01. The summed E-state index contributed by atoms with van der Waals surface area (Å²) < 4.78 is 17.2. The molecule has 2 atom stereocenters. The fourth-order valence-electron chi connectivity index (χ4n) is 5.26. The van der Waals surface area contributed by atoms with Crippen molar-refractivity contribution in [2.75, 3.05) is 13.2 Å². The molecule has 4 aromatic rings. The molecule has 0 N–H and O–H groups in total. The molecule has 1 aliphatic rings. The Hall–Kier alpha value is -3.86. The molecule has 0 saturated heterocycles. The van der Waals surface area contributed by atoms with E-state index in [2.05, 4.69) is 30.3 Å². The summed E-state index contributed by atoms with van der Waals surface area (Å²) in [6.45, 7) is 2.06. The van der Waals surface area contributed by atoms with E-state index < -0.39 is 0 Å². The molecule has 5 rings (SSSR count). The maximum atomic E-state index is 11.7. The van der Waals surface area contributed by atoms with Gasteiger partial charge >= 0.3 is 5.97 Å². The van der Waals surface area contributed by atoms with Gasteiger partial charge in [0, 0.05) is 17.0 Å². The summed E-state index contributed by atoms with van der Waals surface area (Å²) in [6.07, 6.45) is 5.48. The van der Waals surface area contributed by atoms with Gasteiger partial charge in [-0.3, -0.25) is 0 Å². The van der Waals surface area contributed by atoms with Crippen LogP contribution < -0.4 is 4.74 Å².